The Hall–Kier alpha value is -5.26. The second-order valence-electron chi connectivity index (χ2n) is 14.0. The van der Waals surface area contributed by atoms with Crippen molar-refractivity contribution in [3.63, 3.8) is 0 Å². The highest BCUT2D eigenvalue weighted by Gasteiger charge is 2.34. The first-order valence-corrected chi connectivity index (χ1v) is 17.5. The molecular weight excluding hydrogens is 692 g/mol. The number of hydrogen-bond donors (Lipinski definition) is 10. The second kappa shape index (κ2) is 22.0. The molecule has 0 aliphatic carbocycles. The van der Waals surface area contributed by atoms with E-state index in [0.717, 1.165) is 0 Å². The number of phenolic OH excluding ortho intramolecular Hbond substituents is 1. The summed E-state index contributed by atoms with van der Waals surface area (Å²) in [5.74, 6) is -7.54. The summed E-state index contributed by atoms with van der Waals surface area (Å²) in [6.45, 7) is 11.1. The van der Waals surface area contributed by atoms with Crippen LogP contribution in [0.3, 0.4) is 0 Å². The minimum absolute atomic E-state index is 0.0519. The molecule has 53 heavy (non-hydrogen) atoms. The van der Waals surface area contributed by atoms with Crippen molar-refractivity contribution >= 4 is 47.3 Å². The maximum Gasteiger partial charge on any atom is 0.303 e. The number of carboxylic acids is 1. The van der Waals surface area contributed by atoms with Crippen molar-refractivity contribution in [2.45, 2.75) is 110 Å². The molecule has 1 rings (SSSR count). The van der Waals surface area contributed by atoms with Gasteiger partial charge in [-0.25, -0.2) is 0 Å². The van der Waals surface area contributed by atoms with Gasteiger partial charge >= 0.3 is 5.97 Å². The molecule has 0 aromatic heterocycles. The average Bonchev–Trinajstić information content (AvgIpc) is 3.06. The number of benzene rings is 1. The van der Waals surface area contributed by atoms with E-state index in [-0.39, 0.29) is 30.9 Å². The zero-order chi connectivity index (χ0) is 40.6. The molecule has 0 bridgehead atoms. The van der Waals surface area contributed by atoms with Gasteiger partial charge in [-0.2, -0.15) is 0 Å². The third-order valence-corrected chi connectivity index (χ3v) is 8.03. The van der Waals surface area contributed by atoms with Crippen LogP contribution < -0.4 is 43.4 Å². The number of hydrogen-bond acceptors (Lipinski definition) is 10. The zero-order valence-corrected chi connectivity index (χ0v) is 31.4. The van der Waals surface area contributed by atoms with Crippen molar-refractivity contribution in [1.82, 2.24) is 31.9 Å². The molecule has 6 atom stereocenters. The first-order chi connectivity index (χ1) is 24.6. The standard InChI is InChI=1S/C35H56N8O10/c1-17(2)14-25(41-30(48)20(7)39-31(49)23(36)15-21-8-10-22(44)11-9-21)33(51)40-24(12-13-27(46)47)32(50)42-29(19(5)6)35(53)43-28(18(3)4)34(52)38-16-26(37)45/h8-11,17-20,23-25,28-29,44H,12-16,36H2,1-7H3,(H2,37,45)(H,38,52)(H,39,49)(H,40,51)(H,41,48)(H,42,50)(H,43,53)(H,46,47)/t20-,23+,24+,25+,28+,29+/m1/s1. The molecule has 0 heterocycles. The third-order valence-electron chi connectivity index (χ3n) is 8.03. The zero-order valence-electron chi connectivity index (χ0n) is 31.4. The molecule has 7 amide bonds. The number of primary amides is 1. The van der Waals surface area contributed by atoms with Gasteiger partial charge in [-0.3, -0.25) is 38.4 Å². The molecule has 0 unspecified atom stereocenters. The number of nitrogens with two attached hydrogens (primary N) is 2. The van der Waals surface area contributed by atoms with Gasteiger partial charge in [0.1, 0.15) is 36.0 Å². The Labute approximate surface area is 309 Å². The topological polar surface area (TPSA) is 301 Å². The van der Waals surface area contributed by atoms with E-state index in [1.54, 1.807) is 53.7 Å². The molecule has 0 aliphatic heterocycles. The van der Waals surface area contributed by atoms with Gasteiger partial charge in [-0.15, -0.1) is 0 Å². The minimum Gasteiger partial charge on any atom is -0.508 e. The van der Waals surface area contributed by atoms with Crippen LogP contribution >= 0.6 is 0 Å². The minimum atomic E-state index is -1.45. The highest BCUT2D eigenvalue weighted by molar-refractivity contribution is 5.97. The van der Waals surface area contributed by atoms with Crippen molar-refractivity contribution in [2.75, 3.05) is 6.54 Å². The quantitative estimate of drug-likeness (QED) is 0.0653. The number of aliphatic carboxylic acids is 1. The van der Waals surface area contributed by atoms with Crippen molar-refractivity contribution in [1.29, 1.82) is 0 Å². The molecule has 0 radical (unpaired) electrons. The highest BCUT2D eigenvalue weighted by atomic mass is 16.4. The molecular formula is C35H56N8O10. The third kappa shape index (κ3) is 16.7. The summed E-state index contributed by atoms with van der Waals surface area (Å²) in [6, 6.07) is -1.01. The van der Waals surface area contributed by atoms with Crippen LogP contribution in [-0.2, 0) is 44.8 Å². The predicted octanol–water partition coefficient (Wildman–Crippen LogP) is -1.47. The fourth-order valence-corrected chi connectivity index (χ4v) is 5.02. The van der Waals surface area contributed by atoms with Crippen LogP contribution in [0.25, 0.3) is 0 Å². The van der Waals surface area contributed by atoms with Crippen molar-refractivity contribution in [3.8, 4) is 5.75 Å². The van der Waals surface area contributed by atoms with Crippen LogP contribution in [0, 0.1) is 17.8 Å². The molecule has 296 valence electrons. The number of amides is 7. The van der Waals surface area contributed by atoms with Gasteiger partial charge in [0.05, 0.1) is 12.6 Å². The van der Waals surface area contributed by atoms with E-state index in [1.807, 2.05) is 0 Å². The lowest BCUT2D eigenvalue weighted by Gasteiger charge is -2.29. The maximum atomic E-state index is 13.6. The van der Waals surface area contributed by atoms with Gasteiger partial charge < -0.3 is 53.6 Å². The van der Waals surface area contributed by atoms with Gasteiger partial charge in [0.15, 0.2) is 0 Å². The number of carbonyl (C=O) groups excluding carboxylic acids is 7. The van der Waals surface area contributed by atoms with Gasteiger partial charge in [0, 0.05) is 6.42 Å². The average molecular weight is 749 g/mol. The van der Waals surface area contributed by atoms with E-state index in [0.29, 0.717) is 5.56 Å². The Morgan fingerprint density at radius 1 is 0.660 bits per heavy atom. The molecule has 18 nitrogen and oxygen atoms in total. The molecule has 12 N–H and O–H groups in total. The van der Waals surface area contributed by atoms with Gasteiger partial charge in [-0.1, -0.05) is 53.7 Å². The Balaban J connectivity index is 3.11. The fraction of sp³-hybridized carbons (Fsp3) is 0.600. The Morgan fingerprint density at radius 2 is 1.17 bits per heavy atom. The SMILES string of the molecule is CC(C)C[C@H](NC(=O)[C@@H](C)NC(=O)[C@@H](N)Cc1ccc(O)cc1)C(=O)N[C@@H](CCC(=O)O)C(=O)N[C@H](C(=O)N[C@H](C(=O)NCC(N)=O)C(C)C)C(C)C. The summed E-state index contributed by atoms with van der Waals surface area (Å²) in [5, 5.41) is 33.9. The predicted molar refractivity (Wildman–Crippen MR) is 193 cm³/mol. The van der Waals surface area contributed by atoms with E-state index < -0.39 is 108 Å². The molecule has 18 heteroatoms. The van der Waals surface area contributed by atoms with Crippen LogP contribution in [0.4, 0.5) is 0 Å². The van der Waals surface area contributed by atoms with Gasteiger partial charge in [0.2, 0.25) is 41.4 Å². The van der Waals surface area contributed by atoms with E-state index in [2.05, 4.69) is 31.9 Å². The normalized spacial score (nSPS) is 14.5. The first kappa shape index (κ1) is 45.8. The van der Waals surface area contributed by atoms with E-state index >= 15 is 0 Å². The largest absolute Gasteiger partial charge is 0.508 e. The molecule has 0 saturated carbocycles. The number of aromatic hydroxyl groups is 1. The van der Waals surface area contributed by atoms with E-state index in [1.165, 1.54) is 19.1 Å². The van der Waals surface area contributed by atoms with Crippen LogP contribution in [0.2, 0.25) is 0 Å². The highest BCUT2D eigenvalue weighted by Crippen LogP contribution is 2.12. The van der Waals surface area contributed by atoms with Crippen LogP contribution in [0.5, 0.6) is 5.75 Å². The number of carbonyl (C=O) groups is 8. The molecule has 0 aliphatic rings. The summed E-state index contributed by atoms with van der Waals surface area (Å²) in [6.07, 6.45) is -0.655. The Bertz CT molecular complexity index is 1450. The molecule has 1 aromatic rings. The summed E-state index contributed by atoms with van der Waals surface area (Å²) in [7, 11) is 0. The summed E-state index contributed by atoms with van der Waals surface area (Å²) < 4.78 is 0. The Kier molecular flexibility index (Phi) is 19.0. The second-order valence-corrected chi connectivity index (χ2v) is 14.0. The first-order valence-electron chi connectivity index (χ1n) is 17.5. The molecule has 0 saturated heterocycles. The van der Waals surface area contributed by atoms with E-state index in [4.69, 9.17) is 11.5 Å². The fourth-order valence-electron chi connectivity index (χ4n) is 5.02. The number of nitrogens with one attached hydrogen (secondary N) is 6. The Morgan fingerprint density at radius 3 is 1.68 bits per heavy atom. The van der Waals surface area contributed by atoms with Crippen LogP contribution in [0.1, 0.15) is 73.3 Å². The smallest absolute Gasteiger partial charge is 0.303 e. The van der Waals surface area contributed by atoms with Gasteiger partial charge in [0.25, 0.3) is 0 Å². The van der Waals surface area contributed by atoms with Crippen LogP contribution in [-0.4, -0.2) is 100 Å². The molecule has 1 aromatic carbocycles. The maximum absolute atomic E-state index is 13.6. The van der Waals surface area contributed by atoms with Crippen molar-refractivity contribution < 1.29 is 48.6 Å². The van der Waals surface area contributed by atoms with Crippen LogP contribution in [0.15, 0.2) is 24.3 Å². The summed E-state index contributed by atoms with van der Waals surface area (Å²) in [4.78, 5) is 102. The molecule has 0 fully saturated rings. The summed E-state index contributed by atoms with van der Waals surface area (Å²) in [5.41, 5.74) is 11.8. The number of rotatable bonds is 22. The van der Waals surface area contributed by atoms with Crippen molar-refractivity contribution in [3.05, 3.63) is 29.8 Å². The molecule has 0 spiro atoms. The number of phenols is 1. The van der Waals surface area contributed by atoms with Gasteiger partial charge in [-0.05, 0) is 61.6 Å². The lowest BCUT2D eigenvalue weighted by molar-refractivity contribution is -0.139. The lowest BCUT2D eigenvalue weighted by Crippen LogP contribution is -2.60. The van der Waals surface area contributed by atoms with E-state index in [9.17, 15) is 48.6 Å². The lowest BCUT2D eigenvalue weighted by atomic mass is 9.98. The summed E-state index contributed by atoms with van der Waals surface area (Å²) >= 11 is 0. The number of carboxylic acid groups (broad SMARTS) is 1. The monoisotopic (exact) mass is 748 g/mol. The van der Waals surface area contributed by atoms with Crippen molar-refractivity contribution in [2.24, 2.45) is 29.2 Å².